The Morgan fingerprint density at radius 3 is 2.40 bits per heavy atom. The lowest BCUT2D eigenvalue weighted by Gasteiger charge is -1.92. The molecule has 0 saturated carbocycles. The highest BCUT2D eigenvalue weighted by Gasteiger charge is 1.95. The van der Waals surface area contributed by atoms with Gasteiger partial charge in [-0.3, -0.25) is 4.79 Å². The van der Waals surface area contributed by atoms with Crippen molar-refractivity contribution >= 4 is 26.4 Å². The van der Waals surface area contributed by atoms with E-state index < -0.39 is 0 Å². The second-order valence-corrected chi connectivity index (χ2v) is 3.22. The molecule has 0 heterocycles. The maximum atomic E-state index is 10.6. The van der Waals surface area contributed by atoms with Crippen molar-refractivity contribution in [2.24, 2.45) is 0 Å². The van der Waals surface area contributed by atoms with Crippen molar-refractivity contribution in [3.05, 3.63) is 35.9 Å². The molecule has 1 aromatic carbocycles. The van der Waals surface area contributed by atoms with Crippen LogP contribution in [0.4, 0.5) is 0 Å². The molecule has 52 valence electrons. The van der Waals surface area contributed by atoms with Gasteiger partial charge in [-0.2, -0.15) is 0 Å². The van der Waals surface area contributed by atoms with Gasteiger partial charge in [0.25, 0.3) is 0 Å². The van der Waals surface area contributed by atoms with E-state index in [0.717, 1.165) is 5.56 Å². The van der Waals surface area contributed by atoms with E-state index in [2.05, 4.69) is 0 Å². The summed E-state index contributed by atoms with van der Waals surface area (Å²) in [5, 5.41) is 0. The van der Waals surface area contributed by atoms with Gasteiger partial charge in [-0.05, 0) is 28.2 Å². The number of rotatable bonds is 2. The average molecular weight is 246 g/mol. The fraction of sp³-hybridized carbons (Fsp3) is 0.125. The predicted molar refractivity (Wildman–Crippen MR) is 49.2 cm³/mol. The van der Waals surface area contributed by atoms with Crippen LogP contribution in [0, 0.1) is 0 Å². The van der Waals surface area contributed by atoms with Crippen LogP contribution in [0.3, 0.4) is 0 Å². The van der Waals surface area contributed by atoms with Crippen molar-refractivity contribution in [1.29, 1.82) is 0 Å². The number of benzene rings is 1. The second kappa shape index (κ2) is 3.71. The zero-order valence-corrected chi connectivity index (χ0v) is 7.54. The third kappa shape index (κ3) is 2.47. The first-order valence-electron chi connectivity index (χ1n) is 3.01. The molecular formula is C8H7IO. The first-order valence-corrected chi connectivity index (χ1v) is 4.09. The van der Waals surface area contributed by atoms with Crippen LogP contribution in [0.5, 0.6) is 0 Å². The number of carbonyl (C=O) groups excluding carboxylic acids is 1. The number of hydrogen-bond donors (Lipinski definition) is 0. The van der Waals surface area contributed by atoms with E-state index in [1.54, 1.807) is 0 Å². The molecule has 0 amide bonds. The highest BCUT2D eigenvalue weighted by atomic mass is 127. The molecule has 1 aromatic rings. The third-order valence-electron chi connectivity index (χ3n) is 1.19. The Bertz CT molecular complexity index is 218. The summed E-state index contributed by atoms with van der Waals surface area (Å²) in [6.07, 6.45) is 0.543. The molecule has 0 radical (unpaired) electrons. The fourth-order valence-electron chi connectivity index (χ4n) is 0.756. The van der Waals surface area contributed by atoms with Gasteiger partial charge < -0.3 is 0 Å². The van der Waals surface area contributed by atoms with Gasteiger partial charge in [0.05, 0.1) is 0 Å². The van der Waals surface area contributed by atoms with Gasteiger partial charge in [-0.25, -0.2) is 0 Å². The van der Waals surface area contributed by atoms with Crippen LogP contribution in [0.1, 0.15) is 5.56 Å². The van der Waals surface area contributed by atoms with Gasteiger partial charge in [0, 0.05) is 6.42 Å². The molecule has 0 aliphatic heterocycles. The molecule has 0 aromatic heterocycles. The molecule has 0 fully saturated rings. The van der Waals surface area contributed by atoms with Crippen LogP contribution >= 0.6 is 22.6 Å². The highest BCUT2D eigenvalue weighted by molar-refractivity contribution is 14.1. The van der Waals surface area contributed by atoms with Crippen LogP contribution in [-0.2, 0) is 11.2 Å². The van der Waals surface area contributed by atoms with E-state index in [1.165, 1.54) is 0 Å². The summed E-state index contributed by atoms with van der Waals surface area (Å²) in [6.45, 7) is 0. The van der Waals surface area contributed by atoms with Gasteiger partial charge in [0.2, 0.25) is 0 Å². The molecule has 0 saturated heterocycles. The predicted octanol–water partition coefficient (Wildman–Crippen LogP) is 2.19. The summed E-state index contributed by atoms with van der Waals surface area (Å²) in [7, 11) is 0. The second-order valence-electron chi connectivity index (χ2n) is 2.02. The largest absolute Gasteiger partial charge is 0.287 e. The molecule has 0 aliphatic carbocycles. The van der Waals surface area contributed by atoms with Crippen molar-refractivity contribution in [2.75, 3.05) is 0 Å². The lowest BCUT2D eigenvalue weighted by Crippen LogP contribution is -1.90. The van der Waals surface area contributed by atoms with E-state index in [-0.39, 0.29) is 3.79 Å². The molecule has 0 spiro atoms. The van der Waals surface area contributed by atoms with E-state index >= 15 is 0 Å². The number of halogens is 1. The minimum Gasteiger partial charge on any atom is -0.287 e. The summed E-state index contributed by atoms with van der Waals surface area (Å²) in [4.78, 5) is 10.6. The topological polar surface area (TPSA) is 17.1 Å². The van der Waals surface area contributed by atoms with E-state index in [0.29, 0.717) is 6.42 Å². The Hall–Kier alpha value is -0.380. The molecular weight excluding hydrogens is 239 g/mol. The Morgan fingerprint density at radius 2 is 1.90 bits per heavy atom. The Balaban J connectivity index is 2.67. The summed E-state index contributed by atoms with van der Waals surface area (Å²) in [5.41, 5.74) is 1.09. The molecule has 0 aliphatic rings. The lowest BCUT2D eigenvalue weighted by molar-refractivity contribution is -0.108. The van der Waals surface area contributed by atoms with Crippen LogP contribution in [0.25, 0.3) is 0 Å². The minimum absolute atomic E-state index is 0.184. The highest BCUT2D eigenvalue weighted by Crippen LogP contribution is 2.02. The minimum atomic E-state index is 0.184. The molecule has 10 heavy (non-hydrogen) atoms. The maximum absolute atomic E-state index is 10.6. The molecule has 0 N–H and O–H groups in total. The standard InChI is InChI=1S/C8H7IO/c9-8(10)6-7-4-2-1-3-5-7/h1-5H,6H2. The molecule has 0 bridgehead atoms. The molecule has 1 nitrogen and oxygen atoms in total. The Labute approximate surface area is 73.6 Å². The van der Waals surface area contributed by atoms with Crippen LogP contribution in [0.15, 0.2) is 30.3 Å². The number of carbonyl (C=O) groups is 1. The quantitative estimate of drug-likeness (QED) is 0.577. The average Bonchev–Trinajstić information content (AvgIpc) is 1.88. The zero-order chi connectivity index (χ0) is 7.40. The third-order valence-corrected chi connectivity index (χ3v) is 1.57. The molecule has 2 heteroatoms. The first-order chi connectivity index (χ1) is 4.79. The fourth-order valence-corrected chi connectivity index (χ4v) is 1.20. The maximum Gasteiger partial charge on any atom is 0.196 e. The molecule has 0 unspecified atom stereocenters. The normalized spacial score (nSPS) is 9.30. The van der Waals surface area contributed by atoms with Gasteiger partial charge >= 0.3 is 0 Å². The van der Waals surface area contributed by atoms with Crippen LogP contribution < -0.4 is 0 Å². The van der Waals surface area contributed by atoms with Crippen molar-refractivity contribution in [1.82, 2.24) is 0 Å². The molecule has 1 rings (SSSR count). The van der Waals surface area contributed by atoms with Crippen molar-refractivity contribution in [3.63, 3.8) is 0 Å². The van der Waals surface area contributed by atoms with Gasteiger partial charge in [0.1, 0.15) is 0 Å². The summed E-state index contributed by atoms with van der Waals surface area (Å²) < 4.78 is 0.184. The van der Waals surface area contributed by atoms with Crippen molar-refractivity contribution < 1.29 is 4.79 Å². The monoisotopic (exact) mass is 246 g/mol. The van der Waals surface area contributed by atoms with Crippen LogP contribution in [-0.4, -0.2) is 3.79 Å². The van der Waals surface area contributed by atoms with Crippen LogP contribution in [0.2, 0.25) is 0 Å². The van der Waals surface area contributed by atoms with Gasteiger partial charge in [-0.15, -0.1) is 0 Å². The van der Waals surface area contributed by atoms with Crippen molar-refractivity contribution in [3.8, 4) is 0 Å². The Morgan fingerprint density at radius 1 is 1.30 bits per heavy atom. The smallest absolute Gasteiger partial charge is 0.196 e. The van der Waals surface area contributed by atoms with Gasteiger partial charge in [-0.1, -0.05) is 30.3 Å². The Kier molecular flexibility index (Phi) is 2.86. The lowest BCUT2D eigenvalue weighted by atomic mass is 10.2. The first kappa shape index (κ1) is 7.72. The summed E-state index contributed by atoms with van der Waals surface area (Å²) >= 11 is 1.81. The summed E-state index contributed by atoms with van der Waals surface area (Å²) in [5.74, 6) is 0. The number of hydrogen-bond acceptors (Lipinski definition) is 1. The summed E-state index contributed by atoms with van der Waals surface area (Å²) in [6, 6.07) is 9.73. The van der Waals surface area contributed by atoms with E-state index in [9.17, 15) is 4.79 Å². The van der Waals surface area contributed by atoms with Crippen molar-refractivity contribution in [2.45, 2.75) is 6.42 Å². The SMILES string of the molecule is O=C(I)Cc1ccccc1. The molecule has 0 atom stereocenters. The van der Waals surface area contributed by atoms with E-state index in [1.807, 2.05) is 52.9 Å². The van der Waals surface area contributed by atoms with Gasteiger partial charge in [0.15, 0.2) is 3.79 Å². The van der Waals surface area contributed by atoms with E-state index in [4.69, 9.17) is 0 Å². The zero-order valence-electron chi connectivity index (χ0n) is 5.38.